The molecule has 0 unspecified atom stereocenters. The fourth-order valence-electron chi connectivity index (χ4n) is 9.54. The number of aliphatic hydroxyl groups is 2. The number of aliphatic hydroxyl groups excluding tert-OH is 2. The van der Waals surface area contributed by atoms with Crippen molar-refractivity contribution in [1.29, 1.82) is 0 Å². The molecule has 1 aliphatic heterocycles. The van der Waals surface area contributed by atoms with Crippen LogP contribution < -0.4 is 5.73 Å². The molecule has 1 saturated heterocycles. The Hall–Kier alpha value is -2.62. The molecule has 42 heavy (non-hydrogen) atoms. The van der Waals surface area contributed by atoms with Gasteiger partial charge in [-0.05, 0) is 85.9 Å². The Labute approximate surface area is 250 Å². The van der Waals surface area contributed by atoms with Crippen LogP contribution in [0.2, 0.25) is 0 Å². The summed E-state index contributed by atoms with van der Waals surface area (Å²) in [6.45, 7) is 5.63. The van der Waals surface area contributed by atoms with Gasteiger partial charge in [0.25, 0.3) is 0 Å². The van der Waals surface area contributed by atoms with Gasteiger partial charge in [-0.3, -0.25) is 9.59 Å². The number of anilines is 1. The number of allylic oxidation sites excluding steroid dienone is 4. The molecule has 2 heterocycles. The van der Waals surface area contributed by atoms with Crippen LogP contribution in [0.3, 0.4) is 0 Å². The lowest BCUT2D eigenvalue weighted by Crippen LogP contribution is -2.63. The number of rotatable bonds is 5. The number of ether oxygens (including phenoxy) is 2. The maximum Gasteiger partial charge on any atom is 0.194 e. The quantitative estimate of drug-likeness (QED) is 0.428. The lowest BCUT2D eigenvalue weighted by molar-refractivity contribution is -0.200. The highest BCUT2D eigenvalue weighted by atomic mass is 32.1. The fraction of sp³-hybridized carbons (Fsp3) is 0.529. The van der Waals surface area contributed by atoms with Crippen LogP contribution in [0.25, 0.3) is 0 Å². The second-order valence-electron chi connectivity index (χ2n) is 13.5. The van der Waals surface area contributed by atoms with Crippen molar-refractivity contribution >= 4 is 28.6 Å². The van der Waals surface area contributed by atoms with E-state index < -0.39 is 41.5 Å². The van der Waals surface area contributed by atoms with Gasteiger partial charge in [-0.1, -0.05) is 37.6 Å². The number of nitrogens with two attached hydrogens (primary N) is 1. The first-order chi connectivity index (χ1) is 20.0. The summed E-state index contributed by atoms with van der Waals surface area (Å²) in [4.78, 5) is 28.0. The van der Waals surface area contributed by atoms with Crippen LogP contribution >= 0.6 is 11.3 Å². The Morgan fingerprint density at radius 2 is 2.05 bits per heavy atom. The summed E-state index contributed by atoms with van der Waals surface area (Å²) in [5, 5.41) is 22.1. The Morgan fingerprint density at radius 3 is 2.81 bits per heavy atom. The molecular formula is C34H39NO6S. The highest BCUT2D eigenvalue weighted by Crippen LogP contribution is 2.70. The monoisotopic (exact) mass is 589 g/mol. The number of aryl methyl sites for hydroxylation is 1. The first kappa shape index (κ1) is 28.2. The molecule has 7 nitrogen and oxygen atoms in total. The van der Waals surface area contributed by atoms with E-state index in [1.807, 2.05) is 24.3 Å². The van der Waals surface area contributed by atoms with Gasteiger partial charge < -0.3 is 25.4 Å². The highest BCUT2D eigenvalue weighted by Gasteiger charge is 2.76. The molecule has 9 atom stereocenters. The van der Waals surface area contributed by atoms with Crippen LogP contribution in [0.1, 0.15) is 66.7 Å². The summed E-state index contributed by atoms with van der Waals surface area (Å²) in [5.41, 5.74) is 7.62. The second kappa shape index (κ2) is 9.69. The van der Waals surface area contributed by atoms with Crippen LogP contribution in [-0.4, -0.2) is 46.2 Å². The molecule has 5 aliphatic rings. The van der Waals surface area contributed by atoms with Crippen molar-refractivity contribution in [2.45, 2.75) is 77.0 Å². The van der Waals surface area contributed by atoms with Crippen LogP contribution in [0, 0.1) is 35.5 Å². The summed E-state index contributed by atoms with van der Waals surface area (Å²) in [6.07, 6.45) is 6.79. The highest BCUT2D eigenvalue weighted by molar-refractivity contribution is 7.12. The molecule has 4 fully saturated rings. The van der Waals surface area contributed by atoms with E-state index in [0.29, 0.717) is 12.8 Å². The number of carbonyl (C=O) groups excluding carboxylic acids is 2. The smallest absolute Gasteiger partial charge is 0.194 e. The Balaban J connectivity index is 1.21. The number of carbonyl (C=O) groups is 2. The summed E-state index contributed by atoms with van der Waals surface area (Å²) < 4.78 is 13.4. The molecule has 0 radical (unpaired) electrons. The molecule has 222 valence electrons. The van der Waals surface area contributed by atoms with Crippen molar-refractivity contribution in [3.8, 4) is 0 Å². The minimum atomic E-state index is -1.34. The number of hydrogen-bond acceptors (Lipinski definition) is 8. The Kier molecular flexibility index (Phi) is 6.50. The number of fused-ring (bicyclic) bond motifs is 7. The number of thiophene rings is 1. The number of hydrogen-bond donors (Lipinski definition) is 3. The number of nitrogen functional groups attached to an aromatic ring is 1. The lowest BCUT2D eigenvalue weighted by atomic mass is 9.46. The molecule has 3 saturated carbocycles. The number of benzene rings is 1. The molecule has 2 aromatic rings. The predicted octanol–water partition coefficient (Wildman–Crippen LogP) is 4.83. The van der Waals surface area contributed by atoms with E-state index in [1.165, 1.54) is 4.88 Å². The van der Waals surface area contributed by atoms with Gasteiger partial charge in [0.2, 0.25) is 0 Å². The van der Waals surface area contributed by atoms with Crippen molar-refractivity contribution in [2.24, 2.45) is 28.6 Å². The normalized spacial score (nSPS) is 40.2. The van der Waals surface area contributed by atoms with Crippen molar-refractivity contribution in [3.63, 3.8) is 0 Å². The molecule has 0 amide bonds. The summed E-state index contributed by atoms with van der Waals surface area (Å²) >= 11 is 1.62. The largest absolute Gasteiger partial charge is 0.399 e. The van der Waals surface area contributed by atoms with E-state index in [9.17, 15) is 19.8 Å². The minimum Gasteiger partial charge on any atom is -0.399 e. The van der Waals surface area contributed by atoms with Crippen LogP contribution in [0.5, 0.6) is 0 Å². The number of ketones is 2. The zero-order valence-corrected chi connectivity index (χ0v) is 25.2. The molecule has 8 heteroatoms. The molecule has 0 bridgehead atoms. The molecule has 0 spiro atoms. The van der Waals surface area contributed by atoms with E-state index in [2.05, 4.69) is 32.9 Å². The average molecular weight is 590 g/mol. The Bertz CT molecular complexity index is 1530. The van der Waals surface area contributed by atoms with Crippen molar-refractivity contribution in [3.05, 3.63) is 75.0 Å². The maximum absolute atomic E-state index is 13.8. The van der Waals surface area contributed by atoms with Gasteiger partial charge >= 0.3 is 0 Å². The molecule has 1 aromatic heterocycles. The van der Waals surface area contributed by atoms with Gasteiger partial charge in [0.05, 0.1) is 17.1 Å². The lowest BCUT2D eigenvalue weighted by Gasteiger charge is -2.59. The topological polar surface area (TPSA) is 119 Å². The third-order valence-corrected chi connectivity index (χ3v) is 12.6. The van der Waals surface area contributed by atoms with Gasteiger partial charge in [-0.15, -0.1) is 11.3 Å². The van der Waals surface area contributed by atoms with Crippen LogP contribution in [-0.2, 0) is 25.5 Å². The Morgan fingerprint density at radius 1 is 1.24 bits per heavy atom. The molecular weight excluding hydrogens is 550 g/mol. The first-order valence-electron chi connectivity index (χ1n) is 15.0. The summed E-state index contributed by atoms with van der Waals surface area (Å²) in [7, 11) is 0. The van der Waals surface area contributed by atoms with E-state index in [4.69, 9.17) is 15.2 Å². The minimum absolute atomic E-state index is 0.00617. The summed E-state index contributed by atoms with van der Waals surface area (Å²) in [6, 6.07) is 9.95. The van der Waals surface area contributed by atoms with Crippen molar-refractivity contribution < 1.29 is 29.3 Å². The summed E-state index contributed by atoms with van der Waals surface area (Å²) in [5.74, 6) is -0.227. The van der Waals surface area contributed by atoms with Gasteiger partial charge in [-0.2, -0.15) is 0 Å². The fourth-order valence-corrected chi connectivity index (χ4v) is 10.7. The third-order valence-electron chi connectivity index (χ3n) is 11.4. The van der Waals surface area contributed by atoms with Gasteiger partial charge in [0, 0.05) is 33.7 Å². The molecule has 4 N–H and O–H groups in total. The predicted molar refractivity (Wildman–Crippen MR) is 160 cm³/mol. The maximum atomic E-state index is 13.8. The second-order valence-corrected chi connectivity index (χ2v) is 14.7. The zero-order chi connectivity index (χ0) is 29.6. The molecule has 7 rings (SSSR count). The van der Waals surface area contributed by atoms with Crippen molar-refractivity contribution in [2.75, 3.05) is 12.3 Å². The SMILES string of the molecule is Cc1cc([C@@H]2O[C@@H]3C[C@H]4[C@@H]5CCC6=CC(=O)C=C[C@]6(C)[C@H]5[C@@H](O)C[C@]4(C)[C@]3(C(=O)CO)O2)sc1Cc1cccc(N)c1. The third kappa shape index (κ3) is 3.85. The van der Waals surface area contributed by atoms with Gasteiger partial charge in [0.1, 0.15) is 6.61 Å². The van der Waals surface area contributed by atoms with Crippen molar-refractivity contribution in [1.82, 2.24) is 0 Å². The first-order valence-corrected chi connectivity index (χ1v) is 15.8. The molecule has 4 aliphatic carbocycles. The van der Waals surface area contributed by atoms with Gasteiger partial charge in [-0.25, -0.2) is 0 Å². The van der Waals surface area contributed by atoms with E-state index in [0.717, 1.165) is 46.5 Å². The van der Waals surface area contributed by atoms with Crippen LogP contribution in [0.15, 0.2) is 54.1 Å². The molecule has 1 aromatic carbocycles. The number of Topliss-reactive ketones (excluding diaryl/α,β-unsaturated/α-hetero) is 1. The standard InChI is InChI=1S/C34H39NO6S/c1-18-11-27(42-26(18)13-19-5-4-6-21(35)12-19)31-40-29-15-24-23-8-7-20-14-22(37)9-10-32(20,2)30(23)25(38)16-33(24,3)34(29,41-31)28(39)17-36/h4-6,9-12,14,23-25,29-31,36,38H,7-8,13,15-17,35H2,1-3H3/t23-,24-,25-,29+,30+,31+,32-,33-,34+/m0/s1. The van der Waals surface area contributed by atoms with E-state index >= 15 is 0 Å². The average Bonchev–Trinajstić information content (AvgIpc) is 3.58. The van der Waals surface area contributed by atoms with E-state index in [1.54, 1.807) is 23.5 Å². The van der Waals surface area contributed by atoms with Crippen LogP contribution in [0.4, 0.5) is 5.69 Å². The zero-order valence-electron chi connectivity index (χ0n) is 24.3. The van der Waals surface area contributed by atoms with Gasteiger partial charge in [0.15, 0.2) is 23.5 Å². The van der Waals surface area contributed by atoms with E-state index in [-0.39, 0.29) is 29.3 Å².